The minimum absolute atomic E-state index is 0.0823. The highest BCUT2D eigenvalue weighted by atomic mass is 16.2. The lowest BCUT2D eigenvalue weighted by Gasteiger charge is -2.21. The number of nitrogens with two attached hydrogens (primary N) is 1. The summed E-state index contributed by atoms with van der Waals surface area (Å²) in [4.78, 5) is 25.2. The van der Waals surface area contributed by atoms with Crippen molar-refractivity contribution in [3.63, 3.8) is 0 Å². The lowest BCUT2D eigenvalue weighted by molar-refractivity contribution is 0.0789. The predicted octanol–water partition coefficient (Wildman–Crippen LogP) is 0.831. The minimum atomic E-state index is -0.182. The van der Waals surface area contributed by atoms with E-state index in [1.807, 2.05) is 0 Å². The Balaban J connectivity index is 2.66. The monoisotopic (exact) mass is 265 g/mol. The van der Waals surface area contributed by atoms with Gasteiger partial charge in [0.15, 0.2) is 0 Å². The van der Waals surface area contributed by atoms with Gasteiger partial charge < -0.3 is 15.2 Å². The molecule has 1 amide bonds. The second kappa shape index (κ2) is 6.52. The summed E-state index contributed by atoms with van der Waals surface area (Å²) in [5.74, 6) is 0.251. The first-order valence-electron chi connectivity index (χ1n) is 6.50. The standard InChI is InChI=1S/C14H23N3O2/c1-10(2)12(15)6-8-17(4)14(19)11-5-7-16(3)13(18)9-11/h5,7,9-10,12H,6,8,15H2,1-4H3. The average Bonchev–Trinajstić information content (AvgIpc) is 2.37. The summed E-state index contributed by atoms with van der Waals surface area (Å²) in [7, 11) is 3.38. The molecule has 0 saturated heterocycles. The van der Waals surface area contributed by atoms with Crippen molar-refractivity contribution in [2.24, 2.45) is 18.7 Å². The molecule has 0 fully saturated rings. The molecule has 0 radical (unpaired) electrons. The fourth-order valence-corrected chi connectivity index (χ4v) is 1.68. The first-order chi connectivity index (χ1) is 8.82. The van der Waals surface area contributed by atoms with E-state index >= 15 is 0 Å². The van der Waals surface area contributed by atoms with Crippen molar-refractivity contribution >= 4 is 5.91 Å². The molecule has 1 rings (SSSR count). The number of nitrogens with zero attached hydrogens (tertiary/aromatic N) is 2. The van der Waals surface area contributed by atoms with E-state index in [9.17, 15) is 9.59 Å². The van der Waals surface area contributed by atoms with Crippen LogP contribution in [0.4, 0.5) is 0 Å². The first kappa shape index (κ1) is 15.4. The van der Waals surface area contributed by atoms with Crippen LogP contribution in [0.25, 0.3) is 0 Å². The average molecular weight is 265 g/mol. The zero-order chi connectivity index (χ0) is 14.6. The maximum absolute atomic E-state index is 12.1. The molecule has 1 atom stereocenters. The van der Waals surface area contributed by atoms with E-state index in [4.69, 9.17) is 5.73 Å². The SMILES string of the molecule is CC(C)C(N)CCN(C)C(=O)c1ccn(C)c(=O)c1. The summed E-state index contributed by atoms with van der Waals surface area (Å²) < 4.78 is 1.44. The van der Waals surface area contributed by atoms with E-state index in [1.54, 1.807) is 31.3 Å². The van der Waals surface area contributed by atoms with Gasteiger partial charge in [-0.05, 0) is 18.4 Å². The van der Waals surface area contributed by atoms with Crippen molar-refractivity contribution in [2.75, 3.05) is 13.6 Å². The molecule has 1 aromatic heterocycles. The van der Waals surface area contributed by atoms with Gasteiger partial charge in [0.2, 0.25) is 0 Å². The van der Waals surface area contributed by atoms with Crippen LogP contribution in [0.5, 0.6) is 0 Å². The van der Waals surface area contributed by atoms with Gasteiger partial charge in [0.05, 0.1) is 0 Å². The highest BCUT2D eigenvalue weighted by molar-refractivity contribution is 5.93. The fourth-order valence-electron chi connectivity index (χ4n) is 1.68. The third-order valence-electron chi connectivity index (χ3n) is 3.35. The van der Waals surface area contributed by atoms with Gasteiger partial charge in [0, 0.05) is 44.5 Å². The fraction of sp³-hybridized carbons (Fsp3) is 0.571. The molecule has 0 bridgehead atoms. The molecule has 1 heterocycles. The smallest absolute Gasteiger partial charge is 0.253 e. The van der Waals surface area contributed by atoms with E-state index in [2.05, 4.69) is 13.8 Å². The maximum Gasteiger partial charge on any atom is 0.253 e. The minimum Gasteiger partial charge on any atom is -0.342 e. The summed E-state index contributed by atoms with van der Waals surface area (Å²) >= 11 is 0. The van der Waals surface area contributed by atoms with Gasteiger partial charge in [-0.25, -0.2) is 0 Å². The van der Waals surface area contributed by atoms with Gasteiger partial charge >= 0.3 is 0 Å². The van der Waals surface area contributed by atoms with Gasteiger partial charge in [-0.15, -0.1) is 0 Å². The number of amides is 1. The maximum atomic E-state index is 12.1. The normalized spacial score (nSPS) is 12.5. The molecular weight excluding hydrogens is 242 g/mol. The molecule has 19 heavy (non-hydrogen) atoms. The number of hydrogen-bond acceptors (Lipinski definition) is 3. The summed E-state index contributed by atoms with van der Waals surface area (Å²) in [6.45, 7) is 4.72. The van der Waals surface area contributed by atoms with Gasteiger partial charge in [-0.3, -0.25) is 9.59 Å². The van der Waals surface area contributed by atoms with Crippen LogP contribution in [0.2, 0.25) is 0 Å². The quantitative estimate of drug-likeness (QED) is 0.857. The molecule has 0 aliphatic heterocycles. The van der Waals surface area contributed by atoms with Crippen LogP contribution in [0, 0.1) is 5.92 Å². The third-order valence-corrected chi connectivity index (χ3v) is 3.35. The molecule has 0 saturated carbocycles. The number of carbonyl (C=O) groups excluding carboxylic acids is 1. The largest absolute Gasteiger partial charge is 0.342 e. The van der Waals surface area contributed by atoms with Crippen LogP contribution >= 0.6 is 0 Å². The Kier molecular flexibility index (Phi) is 5.30. The van der Waals surface area contributed by atoms with Gasteiger partial charge in [-0.1, -0.05) is 13.8 Å². The lowest BCUT2D eigenvalue weighted by atomic mass is 10.0. The first-order valence-corrected chi connectivity index (χ1v) is 6.50. The van der Waals surface area contributed by atoms with Gasteiger partial charge in [0.1, 0.15) is 0 Å². The Labute approximate surface area is 114 Å². The molecule has 5 heteroatoms. The molecular formula is C14H23N3O2. The lowest BCUT2D eigenvalue weighted by Crippen LogP contribution is -2.35. The van der Waals surface area contributed by atoms with E-state index in [0.717, 1.165) is 6.42 Å². The van der Waals surface area contributed by atoms with E-state index < -0.39 is 0 Å². The number of carbonyl (C=O) groups is 1. The van der Waals surface area contributed by atoms with Gasteiger partial charge in [0.25, 0.3) is 11.5 Å². The van der Waals surface area contributed by atoms with Crippen molar-refractivity contribution in [3.05, 3.63) is 34.2 Å². The molecule has 0 spiro atoms. The van der Waals surface area contributed by atoms with E-state index in [0.29, 0.717) is 18.0 Å². The second-order valence-corrected chi connectivity index (χ2v) is 5.29. The van der Waals surface area contributed by atoms with Crippen LogP contribution < -0.4 is 11.3 Å². The number of rotatable bonds is 5. The Hall–Kier alpha value is -1.62. The van der Waals surface area contributed by atoms with Crippen LogP contribution in [-0.2, 0) is 7.05 Å². The third kappa shape index (κ3) is 4.21. The summed E-state index contributed by atoms with van der Waals surface area (Å²) in [5.41, 5.74) is 6.19. The van der Waals surface area contributed by atoms with Crippen molar-refractivity contribution < 1.29 is 4.79 Å². The Morgan fingerprint density at radius 2 is 2.11 bits per heavy atom. The molecule has 1 unspecified atom stereocenters. The number of aromatic nitrogens is 1. The molecule has 5 nitrogen and oxygen atoms in total. The highest BCUT2D eigenvalue weighted by Crippen LogP contribution is 2.06. The van der Waals surface area contributed by atoms with Crippen molar-refractivity contribution in [2.45, 2.75) is 26.3 Å². The van der Waals surface area contributed by atoms with Gasteiger partial charge in [-0.2, -0.15) is 0 Å². The highest BCUT2D eigenvalue weighted by Gasteiger charge is 2.14. The van der Waals surface area contributed by atoms with Crippen LogP contribution in [0.3, 0.4) is 0 Å². The topological polar surface area (TPSA) is 68.3 Å². The zero-order valence-electron chi connectivity index (χ0n) is 12.1. The zero-order valence-corrected chi connectivity index (χ0v) is 12.1. The van der Waals surface area contributed by atoms with Crippen LogP contribution in [0.1, 0.15) is 30.6 Å². The van der Waals surface area contributed by atoms with Crippen molar-refractivity contribution in [1.82, 2.24) is 9.47 Å². The summed E-state index contributed by atoms with van der Waals surface area (Å²) in [6, 6.07) is 3.10. The number of pyridine rings is 1. The predicted molar refractivity (Wildman–Crippen MR) is 76.1 cm³/mol. The molecule has 2 N–H and O–H groups in total. The van der Waals surface area contributed by atoms with Crippen LogP contribution in [0.15, 0.2) is 23.1 Å². The van der Waals surface area contributed by atoms with E-state index in [1.165, 1.54) is 10.6 Å². The van der Waals surface area contributed by atoms with Crippen molar-refractivity contribution in [1.29, 1.82) is 0 Å². The number of hydrogen-bond donors (Lipinski definition) is 1. The Morgan fingerprint density at radius 1 is 1.47 bits per heavy atom. The Morgan fingerprint density at radius 3 is 2.63 bits per heavy atom. The molecule has 1 aromatic rings. The van der Waals surface area contributed by atoms with E-state index in [-0.39, 0.29) is 17.5 Å². The number of aryl methyl sites for hydroxylation is 1. The molecule has 0 aliphatic rings. The molecule has 0 aliphatic carbocycles. The van der Waals surface area contributed by atoms with Crippen molar-refractivity contribution in [3.8, 4) is 0 Å². The summed E-state index contributed by atoms with van der Waals surface area (Å²) in [5, 5.41) is 0. The molecule has 0 aromatic carbocycles. The second-order valence-electron chi connectivity index (χ2n) is 5.29. The molecule has 106 valence electrons. The summed E-state index contributed by atoms with van der Waals surface area (Å²) in [6.07, 6.45) is 2.36. The van der Waals surface area contributed by atoms with Crippen LogP contribution in [-0.4, -0.2) is 35.0 Å². The Bertz CT molecular complexity index is 494.